The number of hydrogen-bond acceptors (Lipinski definition) is 4. The molecule has 0 radical (unpaired) electrons. The van der Waals surface area contributed by atoms with E-state index in [4.69, 9.17) is 0 Å². The van der Waals surface area contributed by atoms with E-state index in [2.05, 4.69) is 0 Å². The number of nitrogens with zero attached hydrogens (tertiary/aromatic N) is 3. The number of carbonyl (C=O) groups excluding carboxylic acids is 4. The Morgan fingerprint density at radius 2 is 1.28 bits per heavy atom. The molecule has 0 bridgehead atoms. The van der Waals surface area contributed by atoms with Crippen molar-refractivity contribution in [2.24, 2.45) is 5.41 Å². The van der Waals surface area contributed by atoms with Crippen LogP contribution in [0.3, 0.4) is 0 Å². The fourth-order valence-electron chi connectivity index (χ4n) is 4.09. The Bertz CT molecular complexity index is 1040. The third-order valence-electron chi connectivity index (χ3n) is 5.92. The zero-order valence-corrected chi connectivity index (χ0v) is 18.6. The molecule has 2 heterocycles. The van der Waals surface area contributed by atoms with Gasteiger partial charge >= 0.3 is 0 Å². The highest BCUT2D eigenvalue weighted by Crippen LogP contribution is 2.24. The lowest BCUT2D eigenvalue weighted by Gasteiger charge is -2.37. The molecule has 0 atom stereocenters. The highest BCUT2D eigenvalue weighted by atomic mass is 16.2. The van der Waals surface area contributed by atoms with Gasteiger partial charge in [0, 0.05) is 37.2 Å². The molecule has 0 unspecified atom stereocenters. The van der Waals surface area contributed by atoms with Crippen molar-refractivity contribution in [3.05, 3.63) is 70.8 Å². The predicted molar refractivity (Wildman–Crippen MR) is 119 cm³/mol. The van der Waals surface area contributed by atoms with Gasteiger partial charge in [0.15, 0.2) is 0 Å². The maximum Gasteiger partial charge on any atom is 0.261 e. The fraction of sp³-hybridized carbons (Fsp3) is 0.360. The molecule has 2 aliphatic heterocycles. The van der Waals surface area contributed by atoms with Crippen LogP contribution in [-0.2, 0) is 11.3 Å². The number of amides is 4. The van der Waals surface area contributed by atoms with Crippen molar-refractivity contribution < 1.29 is 19.2 Å². The van der Waals surface area contributed by atoms with Gasteiger partial charge in [0.25, 0.3) is 17.7 Å². The van der Waals surface area contributed by atoms with Crippen LogP contribution in [0.4, 0.5) is 0 Å². The van der Waals surface area contributed by atoms with E-state index >= 15 is 0 Å². The second-order valence-electron chi connectivity index (χ2n) is 9.27. The predicted octanol–water partition coefficient (Wildman–Crippen LogP) is 2.81. The number of hydrogen-bond donors (Lipinski definition) is 0. The first kappa shape index (κ1) is 21.7. The minimum Gasteiger partial charge on any atom is -0.339 e. The number of fused-ring (bicyclic) bond motifs is 1. The number of carbonyl (C=O) groups is 4. The third kappa shape index (κ3) is 4.02. The Hall–Kier alpha value is -3.48. The van der Waals surface area contributed by atoms with Gasteiger partial charge in [0.1, 0.15) is 0 Å². The monoisotopic (exact) mass is 433 g/mol. The lowest BCUT2D eigenvalue weighted by molar-refractivity contribution is -0.140. The molecule has 1 saturated heterocycles. The summed E-state index contributed by atoms with van der Waals surface area (Å²) in [6.07, 6.45) is 0. The largest absolute Gasteiger partial charge is 0.339 e. The van der Waals surface area contributed by atoms with E-state index in [1.807, 2.05) is 25.7 Å². The van der Waals surface area contributed by atoms with Crippen molar-refractivity contribution in [2.45, 2.75) is 27.3 Å². The molecule has 0 aromatic heterocycles. The molecule has 0 aliphatic carbocycles. The van der Waals surface area contributed by atoms with Crippen molar-refractivity contribution in [1.29, 1.82) is 0 Å². The Morgan fingerprint density at radius 3 is 1.78 bits per heavy atom. The molecular formula is C25H27N3O4. The Kier molecular flexibility index (Phi) is 5.59. The van der Waals surface area contributed by atoms with E-state index in [0.717, 1.165) is 5.56 Å². The standard InChI is InChI=1S/C25H27N3O4/c1-25(2,3)24(32)27-14-12-26(13-15-27)21(29)18-10-8-17(9-11-18)16-28-22(30)19-6-4-5-7-20(19)23(28)31/h4-11H,12-16H2,1-3H3. The number of rotatable bonds is 3. The van der Waals surface area contributed by atoms with Crippen molar-refractivity contribution in [2.75, 3.05) is 26.2 Å². The summed E-state index contributed by atoms with van der Waals surface area (Å²) in [4.78, 5) is 55.2. The first-order valence-corrected chi connectivity index (χ1v) is 10.8. The SMILES string of the molecule is CC(C)(C)C(=O)N1CCN(C(=O)c2ccc(CN3C(=O)c4ccccc4C3=O)cc2)CC1. The molecule has 4 amide bonds. The molecule has 7 heteroatoms. The van der Waals surface area contributed by atoms with Gasteiger partial charge in [-0.25, -0.2) is 0 Å². The third-order valence-corrected chi connectivity index (χ3v) is 5.92. The summed E-state index contributed by atoms with van der Waals surface area (Å²) in [6.45, 7) is 7.91. The number of imide groups is 1. The zero-order chi connectivity index (χ0) is 23.0. The smallest absolute Gasteiger partial charge is 0.261 e. The first-order valence-electron chi connectivity index (χ1n) is 10.8. The fourth-order valence-corrected chi connectivity index (χ4v) is 4.09. The van der Waals surface area contributed by atoms with Crippen molar-refractivity contribution >= 4 is 23.6 Å². The summed E-state index contributed by atoms with van der Waals surface area (Å²) in [5.41, 5.74) is 1.74. The summed E-state index contributed by atoms with van der Waals surface area (Å²) in [7, 11) is 0. The molecule has 0 N–H and O–H groups in total. The second kappa shape index (κ2) is 8.22. The molecule has 0 spiro atoms. The molecule has 4 rings (SSSR count). The van der Waals surface area contributed by atoms with Gasteiger partial charge in [0.2, 0.25) is 5.91 Å². The van der Waals surface area contributed by atoms with Crippen LogP contribution in [0.5, 0.6) is 0 Å². The van der Waals surface area contributed by atoms with E-state index in [9.17, 15) is 19.2 Å². The summed E-state index contributed by atoms with van der Waals surface area (Å²) >= 11 is 0. The second-order valence-corrected chi connectivity index (χ2v) is 9.27. The van der Waals surface area contributed by atoms with E-state index in [1.54, 1.807) is 53.4 Å². The van der Waals surface area contributed by atoms with Gasteiger partial charge in [-0.3, -0.25) is 24.1 Å². The van der Waals surface area contributed by atoms with Crippen molar-refractivity contribution in [3.8, 4) is 0 Å². The normalized spacial score (nSPS) is 16.4. The number of piperazine rings is 1. The summed E-state index contributed by atoms with van der Waals surface area (Å²) in [5.74, 6) is -0.580. The highest BCUT2D eigenvalue weighted by molar-refractivity contribution is 6.21. The van der Waals surface area contributed by atoms with Crippen molar-refractivity contribution in [3.63, 3.8) is 0 Å². The quantitative estimate of drug-likeness (QED) is 0.698. The molecule has 32 heavy (non-hydrogen) atoms. The van der Waals surface area contributed by atoms with Gasteiger partial charge in [0.05, 0.1) is 17.7 Å². The first-order chi connectivity index (χ1) is 15.2. The van der Waals surface area contributed by atoms with Crippen LogP contribution in [-0.4, -0.2) is 64.5 Å². The summed E-state index contributed by atoms with van der Waals surface area (Å²) < 4.78 is 0. The van der Waals surface area contributed by atoms with Crippen molar-refractivity contribution in [1.82, 2.24) is 14.7 Å². The van der Waals surface area contributed by atoms with Gasteiger partial charge < -0.3 is 9.80 Å². The summed E-state index contributed by atoms with van der Waals surface area (Å²) in [5, 5.41) is 0. The van der Waals surface area contributed by atoms with Crippen LogP contribution >= 0.6 is 0 Å². The van der Waals surface area contributed by atoms with Gasteiger partial charge in [-0.15, -0.1) is 0 Å². The minimum absolute atomic E-state index is 0.0832. The van der Waals surface area contributed by atoms with Gasteiger partial charge in [-0.1, -0.05) is 45.0 Å². The van der Waals surface area contributed by atoms with Gasteiger partial charge in [-0.05, 0) is 29.8 Å². The molecule has 2 aliphatic rings. The van der Waals surface area contributed by atoms with E-state index in [1.165, 1.54) is 4.90 Å². The topological polar surface area (TPSA) is 78.0 Å². The van der Waals surface area contributed by atoms with Gasteiger partial charge in [-0.2, -0.15) is 0 Å². The minimum atomic E-state index is -0.429. The molecule has 0 saturated carbocycles. The molecular weight excluding hydrogens is 406 g/mol. The Morgan fingerprint density at radius 1 is 0.781 bits per heavy atom. The lowest BCUT2D eigenvalue weighted by Crippen LogP contribution is -2.53. The average molecular weight is 434 g/mol. The molecule has 2 aromatic carbocycles. The van der Waals surface area contributed by atoms with Crippen LogP contribution in [0.25, 0.3) is 0 Å². The van der Waals surface area contributed by atoms with Crippen LogP contribution < -0.4 is 0 Å². The van der Waals surface area contributed by atoms with E-state index in [-0.39, 0.29) is 30.2 Å². The molecule has 166 valence electrons. The van der Waals surface area contributed by atoms with Crippen LogP contribution in [0.1, 0.15) is 57.4 Å². The molecule has 2 aromatic rings. The van der Waals surface area contributed by atoms with E-state index in [0.29, 0.717) is 42.9 Å². The maximum atomic E-state index is 12.9. The molecule has 1 fully saturated rings. The summed E-state index contributed by atoms with van der Waals surface area (Å²) in [6, 6.07) is 13.8. The van der Waals surface area contributed by atoms with E-state index < -0.39 is 5.41 Å². The van der Waals surface area contributed by atoms with Crippen LogP contribution in [0.15, 0.2) is 48.5 Å². The highest BCUT2D eigenvalue weighted by Gasteiger charge is 2.35. The average Bonchev–Trinajstić information content (AvgIpc) is 3.03. The van der Waals surface area contributed by atoms with Crippen LogP contribution in [0, 0.1) is 5.41 Å². The molecule has 7 nitrogen and oxygen atoms in total. The maximum absolute atomic E-state index is 12.9. The van der Waals surface area contributed by atoms with Crippen LogP contribution in [0.2, 0.25) is 0 Å². The number of benzene rings is 2. The Labute approximate surface area is 187 Å². The lowest BCUT2D eigenvalue weighted by atomic mass is 9.94. The zero-order valence-electron chi connectivity index (χ0n) is 18.6. The Balaban J connectivity index is 1.37.